The van der Waals surface area contributed by atoms with Gasteiger partial charge in [0.05, 0.1) is 5.56 Å². The summed E-state index contributed by atoms with van der Waals surface area (Å²) in [6, 6.07) is 6.47. The van der Waals surface area contributed by atoms with E-state index in [1.807, 2.05) is 0 Å². The lowest BCUT2D eigenvalue weighted by Gasteiger charge is -2.10. The second-order valence-corrected chi connectivity index (χ2v) is 4.20. The van der Waals surface area contributed by atoms with Crippen molar-refractivity contribution in [2.24, 2.45) is 5.73 Å². The van der Waals surface area contributed by atoms with Crippen molar-refractivity contribution in [1.29, 1.82) is 0 Å². The number of hydrogen-bond donors (Lipinski definition) is 1. The zero-order valence-corrected chi connectivity index (χ0v) is 10.1. The predicted molar refractivity (Wildman–Crippen MR) is 64.7 cm³/mol. The zero-order valence-electron chi connectivity index (χ0n) is 10.1. The van der Waals surface area contributed by atoms with E-state index in [-0.39, 0.29) is 17.7 Å². The Hall–Kier alpha value is -1.95. The average molecular weight is 287 g/mol. The van der Waals surface area contributed by atoms with Gasteiger partial charge in [0.2, 0.25) is 0 Å². The van der Waals surface area contributed by atoms with Crippen LogP contribution in [0.4, 0.5) is 22.0 Å². The first-order chi connectivity index (χ1) is 9.32. The number of benzene rings is 2. The Kier molecular flexibility index (Phi) is 3.76. The molecular formula is C14H10F5N. The summed E-state index contributed by atoms with van der Waals surface area (Å²) in [6.07, 6.45) is -4.74. The Balaban J connectivity index is 2.47. The van der Waals surface area contributed by atoms with E-state index in [1.165, 1.54) is 12.1 Å². The van der Waals surface area contributed by atoms with Crippen molar-refractivity contribution >= 4 is 0 Å². The van der Waals surface area contributed by atoms with Crippen LogP contribution < -0.4 is 5.73 Å². The van der Waals surface area contributed by atoms with Crippen molar-refractivity contribution in [1.82, 2.24) is 0 Å². The summed E-state index contributed by atoms with van der Waals surface area (Å²) in [6.45, 7) is -0.0528. The maximum absolute atomic E-state index is 13.5. The van der Waals surface area contributed by atoms with Crippen LogP contribution in [-0.4, -0.2) is 0 Å². The highest BCUT2D eigenvalue weighted by Crippen LogP contribution is 2.33. The standard InChI is InChI=1S/C14H10F5N/c15-12-4-2-8(5-10(12)7-20)9-1-3-11(13(16)6-9)14(17,18)19/h1-6H,7,20H2. The van der Waals surface area contributed by atoms with Gasteiger partial charge in [-0.1, -0.05) is 12.1 Å². The van der Waals surface area contributed by atoms with Crippen LogP contribution in [0.3, 0.4) is 0 Å². The third kappa shape index (κ3) is 2.80. The van der Waals surface area contributed by atoms with Crippen molar-refractivity contribution in [3.05, 3.63) is 59.2 Å². The van der Waals surface area contributed by atoms with E-state index in [9.17, 15) is 22.0 Å². The van der Waals surface area contributed by atoms with E-state index in [2.05, 4.69) is 0 Å². The van der Waals surface area contributed by atoms with E-state index in [4.69, 9.17) is 5.73 Å². The average Bonchev–Trinajstić information content (AvgIpc) is 2.37. The number of rotatable bonds is 2. The van der Waals surface area contributed by atoms with Gasteiger partial charge < -0.3 is 5.73 Å². The highest BCUT2D eigenvalue weighted by atomic mass is 19.4. The minimum Gasteiger partial charge on any atom is -0.326 e. The second-order valence-electron chi connectivity index (χ2n) is 4.20. The molecule has 0 amide bonds. The van der Waals surface area contributed by atoms with Gasteiger partial charge in [-0.25, -0.2) is 8.78 Å². The molecule has 2 aromatic carbocycles. The maximum atomic E-state index is 13.5. The molecule has 0 aliphatic heterocycles. The molecule has 2 rings (SSSR count). The highest BCUT2D eigenvalue weighted by molar-refractivity contribution is 5.65. The predicted octanol–water partition coefficient (Wildman–Crippen LogP) is 4.11. The molecule has 0 aromatic heterocycles. The van der Waals surface area contributed by atoms with E-state index >= 15 is 0 Å². The molecule has 0 bridgehead atoms. The third-order valence-corrected chi connectivity index (χ3v) is 2.87. The lowest BCUT2D eigenvalue weighted by atomic mass is 10.0. The molecule has 0 fully saturated rings. The van der Waals surface area contributed by atoms with Gasteiger partial charge in [0, 0.05) is 12.1 Å². The molecule has 2 aromatic rings. The number of halogens is 5. The summed E-state index contributed by atoms with van der Waals surface area (Å²) in [7, 11) is 0. The van der Waals surface area contributed by atoms with Crippen LogP contribution in [0.2, 0.25) is 0 Å². The van der Waals surface area contributed by atoms with Crippen molar-refractivity contribution in [3.8, 4) is 11.1 Å². The fourth-order valence-electron chi connectivity index (χ4n) is 1.84. The summed E-state index contributed by atoms with van der Waals surface area (Å²) in [5, 5.41) is 0. The summed E-state index contributed by atoms with van der Waals surface area (Å²) < 4.78 is 64.1. The van der Waals surface area contributed by atoms with Gasteiger partial charge in [-0.2, -0.15) is 13.2 Å². The number of hydrogen-bond acceptors (Lipinski definition) is 1. The molecule has 0 heterocycles. The minimum atomic E-state index is -4.74. The van der Waals surface area contributed by atoms with Crippen LogP contribution in [0.1, 0.15) is 11.1 Å². The normalized spacial score (nSPS) is 11.7. The Labute approximate surface area is 111 Å². The van der Waals surface area contributed by atoms with Crippen LogP contribution >= 0.6 is 0 Å². The fourth-order valence-corrected chi connectivity index (χ4v) is 1.84. The molecule has 0 unspecified atom stereocenters. The van der Waals surface area contributed by atoms with E-state index in [0.717, 1.165) is 18.2 Å². The smallest absolute Gasteiger partial charge is 0.326 e. The molecule has 0 atom stereocenters. The molecule has 0 saturated carbocycles. The number of nitrogens with two attached hydrogens (primary N) is 1. The molecule has 2 N–H and O–H groups in total. The van der Waals surface area contributed by atoms with E-state index < -0.39 is 23.4 Å². The van der Waals surface area contributed by atoms with Gasteiger partial charge >= 0.3 is 6.18 Å². The van der Waals surface area contributed by atoms with E-state index in [0.29, 0.717) is 11.6 Å². The Morgan fingerprint density at radius 1 is 0.850 bits per heavy atom. The lowest BCUT2D eigenvalue weighted by Crippen LogP contribution is -2.07. The summed E-state index contributed by atoms with van der Waals surface area (Å²) in [5.74, 6) is -1.88. The van der Waals surface area contributed by atoms with Crippen molar-refractivity contribution in [2.75, 3.05) is 0 Å². The van der Waals surface area contributed by atoms with Crippen LogP contribution in [0, 0.1) is 11.6 Å². The molecule has 0 spiro atoms. The lowest BCUT2D eigenvalue weighted by molar-refractivity contribution is -0.139. The topological polar surface area (TPSA) is 26.0 Å². The molecule has 0 aliphatic carbocycles. The molecule has 0 radical (unpaired) electrons. The monoisotopic (exact) mass is 287 g/mol. The summed E-state index contributed by atoms with van der Waals surface area (Å²) in [5.41, 5.74) is 4.86. The van der Waals surface area contributed by atoms with Gasteiger partial charge in [-0.05, 0) is 35.4 Å². The largest absolute Gasteiger partial charge is 0.419 e. The highest BCUT2D eigenvalue weighted by Gasteiger charge is 2.33. The summed E-state index contributed by atoms with van der Waals surface area (Å²) >= 11 is 0. The van der Waals surface area contributed by atoms with Gasteiger partial charge in [0.1, 0.15) is 11.6 Å². The fraction of sp³-hybridized carbons (Fsp3) is 0.143. The molecule has 6 heteroatoms. The van der Waals surface area contributed by atoms with Crippen molar-refractivity contribution < 1.29 is 22.0 Å². The molecule has 106 valence electrons. The van der Waals surface area contributed by atoms with Crippen LogP contribution in [-0.2, 0) is 12.7 Å². The first-order valence-electron chi connectivity index (χ1n) is 5.68. The van der Waals surface area contributed by atoms with Crippen molar-refractivity contribution in [3.63, 3.8) is 0 Å². The molecule has 20 heavy (non-hydrogen) atoms. The van der Waals surface area contributed by atoms with Gasteiger partial charge in [-0.3, -0.25) is 0 Å². The Bertz CT molecular complexity index is 634. The molecule has 0 aliphatic rings. The Morgan fingerprint density at radius 2 is 1.45 bits per heavy atom. The minimum absolute atomic E-state index is 0.0528. The number of alkyl halides is 3. The first-order valence-corrected chi connectivity index (χ1v) is 5.68. The van der Waals surface area contributed by atoms with Gasteiger partial charge in [0.15, 0.2) is 0 Å². The van der Waals surface area contributed by atoms with E-state index in [1.54, 1.807) is 0 Å². The SMILES string of the molecule is NCc1cc(-c2ccc(C(F)(F)F)c(F)c2)ccc1F. The second kappa shape index (κ2) is 5.20. The van der Waals surface area contributed by atoms with Gasteiger partial charge in [-0.15, -0.1) is 0 Å². The zero-order chi connectivity index (χ0) is 14.9. The molecule has 0 saturated heterocycles. The first kappa shape index (κ1) is 14.5. The van der Waals surface area contributed by atoms with Crippen molar-refractivity contribution in [2.45, 2.75) is 12.7 Å². The van der Waals surface area contributed by atoms with Gasteiger partial charge in [0.25, 0.3) is 0 Å². The molecule has 1 nitrogen and oxygen atoms in total. The Morgan fingerprint density at radius 3 is 2.00 bits per heavy atom. The van der Waals surface area contributed by atoms with Crippen LogP contribution in [0.5, 0.6) is 0 Å². The van der Waals surface area contributed by atoms with Crippen LogP contribution in [0.25, 0.3) is 11.1 Å². The molecular weight excluding hydrogens is 277 g/mol. The quantitative estimate of drug-likeness (QED) is 0.826. The van der Waals surface area contributed by atoms with Crippen LogP contribution in [0.15, 0.2) is 36.4 Å². The maximum Gasteiger partial charge on any atom is 0.419 e. The summed E-state index contributed by atoms with van der Waals surface area (Å²) in [4.78, 5) is 0. The third-order valence-electron chi connectivity index (χ3n) is 2.87.